The minimum absolute atomic E-state index is 0.120. The van der Waals surface area contributed by atoms with E-state index in [-0.39, 0.29) is 22.3 Å². The third-order valence-corrected chi connectivity index (χ3v) is 11.0. The van der Waals surface area contributed by atoms with Crippen LogP contribution in [0, 0.1) is 28.1 Å². The van der Waals surface area contributed by atoms with Gasteiger partial charge in [-0.3, -0.25) is 0 Å². The predicted molar refractivity (Wildman–Crippen MR) is 135 cm³/mol. The highest BCUT2D eigenvalue weighted by atomic mass is 35.5. The van der Waals surface area contributed by atoms with E-state index in [2.05, 4.69) is 56.0 Å². The zero-order valence-electron chi connectivity index (χ0n) is 19.5. The van der Waals surface area contributed by atoms with Gasteiger partial charge in [0.15, 0.2) is 0 Å². The van der Waals surface area contributed by atoms with Gasteiger partial charge in [-0.1, -0.05) is 63.3 Å². The molecule has 6 rings (SSSR count). The van der Waals surface area contributed by atoms with Gasteiger partial charge in [-0.2, -0.15) is 0 Å². The second-order valence-corrected chi connectivity index (χ2v) is 13.1. The van der Waals surface area contributed by atoms with Crippen LogP contribution in [0.1, 0.15) is 71.3 Å². The molecule has 0 spiro atoms. The molecule has 1 aromatic rings. The van der Waals surface area contributed by atoms with Gasteiger partial charge in [-0.05, 0) is 78.6 Å². The first-order valence-electron chi connectivity index (χ1n) is 12.3. The molecular formula is C27H39ClN2S. The molecule has 5 aliphatic rings. The number of nitrogens with two attached hydrogens (primary N) is 1. The largest absolute Gasteiger partial charge is 0.365 e. The molecule has 4 saturated carbocycles. The standard InChI is InChI=1S/C27H39ClN2S/c1-24(2)18-30(12-9-22(24)29)23(31)27-15-20-13-26(17-27,19-7-5-4-6-8-19)14-21(16-27)25(20,3)10-11-28/h4-8,20-22H,9-18,29H2,1-3H3/t20?,21?,22-,25?,26?,27?/m0/s1. The van der Waals surface area contributed by atoms with E-state index < -0.39 is 0 Å². The second kappa shape index (κ2) is 7.43. The third kappa shape index (κ3) is 3.32. The Morgan fingerprint density at radius 1 is 1.10 bits per heavy atom. The van der Waals surface area contributed by atoms with Crippen LogP contribution in [0.4, 0.5) is 0 Å². The zero-order valence-corrected chi connectivity index (χ0v) is 21.1. The number of nitrogens with zero attached hydrogens (tertiary/aromatic N) is 1. The van der Waals surface area contributed by atoms with E-state index in [1.807, 2.05) is 0 Å². The summed E-state index contributed by atoms with van der Waals surface area (Å²) in [5.74, 6) is 2.20. The van der Waals surface area contributed by atoms with Crippen molar-refractivity contribution in [3.8, 4) is 0 Å². The Labute approximate surface area is 199 Å². The fraction of sp³-hybridized carbons (Fsp3) is 0.741. The van der Waals surface area contributed by atoms with Crippen LogP contribution < -0.4 is 5.73 Å². The molecule has 31 heavy (non-hydrogen) atoms. The van der Waals surface area contributed by atoms with Gasteiger partial charge in [0.1, 0.15) is 0 Å². The highest BCUT2D eigenvalue weighted by Gasteiger charge is 2.66. The fourth-order valence-corrected chi connectivity index (χ4v) is 9.08. The molecule has 1 saturated heterocycles. The molecule has 2 nitrogen and oxygen atoms in total. The van der Waals surface area contributed by atoms with Gasteiger partial charge in [-0.25, -0.2) is 0 Å². The van der Waals surface area contributed by atoms with Crippen molar-refractivity contribution in [2.75, 3.05) is 19.0 Å². The van der Waals surface area contributed by atoms with E-state index in [1.165, 1.54) is 37.1 Å². The van der Waals surface area contributed by atoms with Crippen molar-refractivity contribution < 1.29 is 0 Å². The molecule has 1 heterocycles. The first-order chi connectivity index (χ1) is 14.6. The molecule has 4 bridgehead atoms. The van der Waals surface area contributed by atoms with Crippen LogP contribution in [0.3, 0.4) is 0 Å². The molecule has 2 N–H and O–H groups in total. The number of hydrogen-bond donors (Lipinski definition) is 1. The van der Waals surface area contributed by atoms with Gasteiger partial charge in [0.05, 0.1) is 4.99 Å². The van der Waals surface area contributed by atoms with Crippen LogP contribution in [-0.2, 0) is 5.41 Å². The molecule has 1 aliphatic heterocycles. The Bertz CT molecular complexity index is 834. The van der Waals surface area contributed by atoms with Crippen molar-refractivity contribution in [3.63, 3.8) is 0 Å². The SMILES string of the molecule is CC1(CCCl)C2CC3(C(=S)N4CC[C@H](N)C(C)(C)C4)CC1CC(c1ccccc1)(C2)C3. The number of alkyl halides is 1. The minimum Gasteiger partial charge on any atom is -0.365 e. The van der Waals surface area contributed by atoms with E-state index in [9.17, 15) is 0 Å². The molecule has 0 amide bonds. The molecule has 5 fully saturated rings. The van der Waals surface area contributed by atoms with Crippen LogP contribution >= 0.6 is 23.8 Å². The van der Waals surface area contributed by atoms with Crippen LogP contribution in [0.15, 0.2) is 30.3 Å². The molecule has 0 radical (unpaired) electrons. The molecule has 170 valence electrons. The number of hydrogen-bond acceptors (Lipinski definition) is 2. The molecule has 1 aromatic carbocycles. The quantitative estimate of drug-likeness (QED) is 0.433. The van der Waals surface area contributed by atoms with E-state index in [0.717, 1.165) is 31.8 Å². The van der Waals surface area contributed by atoms with E-state index >= 15 is 0 Å². The summed E-state index contributed by atoms with van der Waals surface area (Å²) in [7, 11) is 0. The number of piperidine rings is 1. The Morgan fingerprint density at radius 3 is 2.32 bits per heavy atom. The molecular weight excluding hydrogens is 420 g/mol. The summed E-state index contributed by atoms with van der Waals surface area (Å²) in [6.45, 7) is 9.20. The van der Waals surface area contributed by atoms with Crippen molar-refractivity contribution in [1.82, 2.24) is 4.90 Å². The van der Waals surface area contributed by atoms with Crippen LogP contribution in [0.25, 0.3) is 0 Å². The first-order valence-corrected chi connectivity index (χ1v) is 13.2. The molecule has 3 atom stereocenters. The topological polar surface area (TPSA) is 29.3 Å². The second-order valence-electron chi connectivity index (χ2n) is 12.4. The predicted octanol–water partition coefficient (Wildman–Crippen LogP) is 6.16. The Morgan fingerprint density at radius 2 is 1.74 bits per heavy atom. The average molecular weight is 459 g/mol. The van der Waals surface area contributed by atoms with E-state index in [1.54, 1.807) is 5.56 Å². The number of halogens is 1. The number of rotatable bonds is 4. The maximum atomic E-state index is 6.46. The number of thiocarbonyl (C=S) groups is 1. The zero-order chi connectivity index (χ0) is 22.1. The maximum absolute atomic E-state index is 6.46. The summed E-state index contributed by atoms with van der Waals surface area (Å²) in [6.07, 6.45) is 8.55. The minimum atomic E-state index is 0.120. The van der Waals surface area contributed by atoms with Crippen molar-refractivity contribution >= 4 is 28.8 Å². The van der Waals surface area contributed by atoms with Gasteiger partial charge in [0.2, 0.25) is 0 Å². The number of benzene rings is 1. The average Bonchev–Trinajstić information content (AvgIpc) is 2.74. The van der Waals surface area contributed by atoms with Crippen molar-refractivity contribution in [2.45, 2.75) is 77.2 Å². The fourth-order valence-electron chi connectivity index (χ4n) is 8.27. The summed E-state index contributed by atoms with van der Waals surface area (Å²) in [5.41, 5.74) is 8.94. The first kappa shape index (κ1) is 22.2. The summed E-state index contributed by atoms with van der Waals surface area (Å²) in [6, 6.07) is 11.6. The Kier molecular flexibility index (Phi) is 5.32. The van der Waals surface area contributed by atoms with Crippen molar-refractivity contribution in [2.24, 2.45) is 33.8 Å². The van der Waals surface area contributed by atoms with E-state index in [0.29, 0.717) is 17.3 Å². The van der Waals surface area contributed by atoms with Crippen LogP contribution in [-0.4, -0.2) is 34.9 Å². The molecule has 0 aromatic heterocycles. The smallest absolute Gasteiger partial charge is 0.0842 e. The van der Waals surface area contributed by atoms with Gasteiger partial charge in [0, 0.05) is 30.4 Å². The van der Waals surface area contributed by atoms with Gasteiger partial charge < -0.3 is 10.6 Å². The van der Waals surface area contributed by atoms with Crippen molar-refractivity contribution in [1.29, 1.82) is 0 Å². The number of likely N-dealkylation sites (tertiary alicyclic amines) is 1. The highest BCUT2D eigenvalue weighted by Crippen LogP contribution is 2.72. The lowest BCUT2D eigenvalue weighted by Crippen LogP contribution is -2.66. The molecule has 4 aliphatic carbocycles. The third-order valence-electron chi connectivity index (χ3n) is 10.2. The van der Waals surface area contributed by atoms with Gasteiger partial charge >= 0.3 is 0 Å². The van der Waals surface area contributed by atoms with Crippen LogP contribution in [0.2, 0.25) is 0 Å². The van der Waals surface area contributed by atoms with Gasteiger partial charge in [-0.15, -0.1) is 11.6 Å². The summed E-state index contributed by atoms with van der Waals surface area (Å²) < 4.78 is 0. The lowest BCUT2D eigenvalue weighted by atomic mass is 9.36. The summed E-state index contributed by atoms with van der Waals surface area (Å²) in [4.78, 5) is 3.82. The van der Waals surface area contributed by atoms with Crippen molar-refractivity contribution in [3.05, 3.63) is 35.9 Å². The monoisotopic (exact) mass is 458 g/mol. The highest BCUT2D eigenvalue weighted by molar-refractivity contribution is 7.80. The Balaban J connectivity index is 1.52. The normalized spacial score (nSPS) is 43.3. The summed E-state index contributed by atoms with van der Waals surface area (Å²) >= 11 is 12.8. The van der Waals surface area contributed by atoms with Gasteiger partial charge in [0.25, 0.3) is 0 Å². The summed E-state index contributed by atoms with van der Waals surface area (Å²) in [5, 5.41) is 0. The Hall–Kier alpha value is -0.640. The molecule has 2 unspecified atom stereocenters. The van der Waals surface area contributed by atoms with E-state index in [4.69, 9.17) is 29.6 Å². The molecule has 4 heteroatoms. The lowest BCUT2D eigenvalue weighted by Gasteiger charge is -2.69. The lowest BCUT2D eigenvalue weighted by molar-refractivity contribution is -0.137. The maximum Gasteiger partial charge on any atom is 0.0842 e. The van der Waals surface area contributed by atoms with Crippen LogP contribution in [0.5, 0.6) is 0 Å².